The normalized spacial score (nSPS) is 41.5. The molecule has 135 heavy (non-hydrogen) atoms. The lowest BCUT2D eigenvalue weighted by Gasteiger charge is -2.38. The van der Waals surface area contributed by atoms with Crippen LogP contribution >= 0.6 is 0 Å². The van der Waals surface area contributed by atoms with Gasteiger partial charge in [0.15, 0.2) is 61.5 Å². The van der Waals surface area contributed by atoms with Gasteiger partial charge >= 0.3 is 35.8 Å². The number of rotatable bonds is 24. The molecule has 18 heterocycles. The summed E-state index contributed by atoms with van der Waals surface area (Å²) in [5.41, 5.74) is -5.37. The van der Waals surface area contributed by atoms with Crippen molar-refractivity contribution in [1.82, 2.24) is 31.9 Å². The second-order valence-corrected chi connectivity index (χ2v) is 47.8. The summed E-state index contributed by atoms with van der Waals surface area (Å²) in [6.45, 7) is 42.9. The quantitative estimate of drug-likeness (QED) is 0.0235. The van der Waals surface area contributed by atoms with E-state index in [1.54, 1.807) is 48.5 Å². The summed E-state index contributed by atoms with van der Waals surface area (Å²) in [5.74, 6) is -7.67. The molecule has 18 aliphatic heterocycles. The largest absolute Gasteiger partial charge is 0.457 e. The van der Waals surface area contributed by atoms with Gasteiger partial charge < -0.3 is 88.7 Å². The number of carbonyl (C=O) groups is 12. The number of esters is 6. The molecule has 18 rings (SSSR count). The molecule has 32 atom stereocenters. The van der Waals surface area contributed by atoms with E-state index in [2.05, 4.69) is 71.4 Å². The number of ether oxygens (including phenoxy) is 12. The maximum atomic E-state index is 12.3. The van der Waals surface area contributed by atoms with Gasteiger partial charge in [0, 0.05) is 71.0 Å². The zero-order valence-electron chi connectivity index (χ0n) is 75.8. The van der Waals surface area contributed by atoms with Crippen molar-refractivity contribution >= 4 is 132 Å². The fourth-order valence-electron chi connectivity index (χ4n) is 20.7. The van der Waals surface area contributed by atoms with Crippen LogP contribution in [0.5, 0.6) is 0 Å². The highest BCUT2D eigenvalue weighted by Gasteiger charge is 2.83. The fourth-order valence-corrected chi connectivity index (χ4v) is 32.8. The molecule has 0 aromatic carbocycles. The van der Waals surface area contributed by atoms with Crippen molar-refractivity contribution < 1.29 is 190 Å². The lowest BCUT2D eigenvalue weighted by Crippen LogP contribution is -2.57. The van der Waals surface area contributed by atoms with Gasteiger partial charge in [-0.3, -0.25) is 82.6 Å². The minimum atomic E-state index is -3.90. The van der Waals surface area contributed by atoms with E-state index in [-0.39, 0.29) is 84.5 Å². The van der Waals surface area contributed by atoms with Crippen molar-refractivity contribution in [2.45, 2.75) is 304 Å². The standard InChI is InChI=1S/C15H21NO7S.C14H19NO7S.4C13H17NO7S/c1-7(2)13(18)16-6-9(17)21-11-10-12-15(5,23-24(10,19)20)8(3)14(11,4)22-12;1-6(2)13(17)15-5-8(16)20-10-9-7(3)11-14(4,21-9)12(10)23(18,19)22-11;1-6(2)12(16)14-5-8(15)19-11-10-9-7(21-22(10,17)18)4-13(11,3)20-9;1-6(2)12(16)14-5-8(15)20-9-7-4-13(3)11(19-7)10(9)22(17,18)21-13;1-6(2)12(16)14-5-9(15)19-10-7-4-8-13(3,20-7)11(10)22(17,18)21-8;1-6(2)12(16)14-5-9(15)20-13(3)8-4-7-10(19-8)11(13)22(17,18)21-7/h8,10-12H,1,6H2,2-5H3,(H,16,18);7,9-12H,1,5H2,2-4H3,(H,15,17);2*7,9-11H,1,4-5H2,2-3H3,(H,14,16);2*7-8,10-11H,1,4-5H2,2-3H3,(H,14,16). The minimum absolute atomic E-state index is 0.212. The van der Waals surface area contributed by atoms with Crippen molar-refractivity contribution in [3.63, 3.8) is 0 Å². The molecule has 32 unspecified atom stereocenters. The van der Waals surface area contributed by atoms with Gasteiger partial charge in [-0.2, -0.15) is 50.5 Å². The monoisotopic (exact) mass is 2030 g/mol. The third-order valence-electron chi connectivity index (χ3n) is 27.3. The molecular formula is C81H108N6O42S6. The van der Waals surface area contributed by atoms with E-state index in [9.17, 15) is 108 Å². The Kier molecular flexibility index (Phi) is 27.6. The molecule has 0 spiro atoms. The molecule has 6 amide bonds. The van der Waals surface area contributed by atoms with E-state index >= 15 is 0 Å². The third-order valence-corrected chi connectivity index (χ3v) is 38.1. The van der Waals surface area contributed by atoms with Gasteiger partial charge in [-0.1, -0.05) is 53.3 Å². The second kappa shape index (κ2) is 35.9. The maximum Gasteiger partial charge on any atom is 0.326 e. The molecule has 6 N–H and O–H groups in total. The molecule has 0 radical (unpaired) electrons. The van der Waals surface area contributed by atoms with Gasteiger partial charge in [0.25, 0.3) is 60.7 Å². The molecule has 18 fully saturated rings. The number of carbonyl (C=O) groups excluding carboxylic acids is 12. The highest BCUT2D eigenvalue weighted by molar-refractivity contribution is 7.89. The average Bonchev–Trinajstić information content (AvgIpc) is 1.50. The maximum absolute atomic E-state index is 12.3. The molecule has 0 aliphatic carbocycles. The molecular weight excluding hydrogens is 1920 g/mol. The number of hydrogen-bond acceptors (Lipinski definition) is 42. The Morgan fingerprint density at radius 3 is 1.24 bits per heavy atom. The number of hydrogen-bond donors (Lipinski definition) is 6. The number of nitrogens with one attached hydrogen (secondary N) is 6. The van der Waals surface area contributed by atoms with Crippen LogP contribution in [0.15, 0.2) is 72.9 Å². The Morgan fingerprint density at radius 2 is 0.748 bits per heavy atom. The summed E-state index contributed by atoms with van der Waals surface area (Å²) < 4.78 is 242. The summed E-state index contributed by atoms with van der Waals surface area (Å²) in [4.78, 5) is 140. The molecule has 18 aliphatic rings. The average molecular weight is 2030 g/mol. The van der Waals surface area contributed by atoms with Crippen LogP contribution in [0.2, 0.25) is 0 Å². The van der Waals surface area contributed by atoms with Gasteiger partial charge in [-0.05, 0) is 90.0 Å². The van der Waals surface area contributed by atoms with Gasteiger partial charge in [0.05, 0.1) is 12.2 Å². The van der Waals surface area contributed by atoms with Crippen molar-refractivity contribution in [2.24, 2.45) is 11.8 Å². The Hall–Kier alpha value is -8.70. The van der Waals surface area contributed by atoms with Gasteiger partial charge in [-0.25, -0.2) is 0 Å². The predicted molar refractivity (Wildman–Crippen MR) is 453 cm³/mol. The minimum Gasteiger partial charge on any atom is -0.457 e. The van der Waals surface area contributed by atoms with Crippen molar-refractivity contribution in [3.8, 4) is 0 Å². The zero-order chi connectivity index (χ0) is 100. The molecule has 0 aromatic rings. The van der Waals surface area contributed by atoms with Crippen molar-refractivity contribution in [2.75, 3.05) is 39.3 Å². The van der Waals surface area contributed by atoms with Crippen LogP contribution in [-0.4, -0.2) is 336 Å². The van der Waals surface area contributed by atoms with E-state index in [0.29, 0.717) is 25.7 Å². The van der Waals surface area contributed by atoms with E-state index in [0.717, 1.165) is 0 Å². The van der Waals surface area contributed by atoms with Crippen LogP contribution in [0.4, 0.5) is 0 Å². The zero-order valence-corrected chi connectivity index (χ0v) is 80.7. The summed E-state index contributed by atoms with van der Waals surface area (Å²) >= 11 is 0. The number of fused-ring (bicyclic) bond motifs is 6. The first-order valence-corrected chi connectivity index (χ1v) is 51.3. The smallest absolute Gasteiger partial charge is 0.326 e. The first-order valence-electron chi connectivity index (χ1n) is 42.5. The first kappa shape index (κ1) is 104. The fraction of sp³-hybridized carbons (Fsp3) is 0.704. The van der Waals surface area contributed by atoms with Crippen LogP contribution < -0.4 is 31.9 Å². The van der Waals surface area contributed by atoms with E-state index in [4.69, 9.17) is 81.9 Å². The first-order chi connectivity index (χ1) is 62.1. The summed E-state index contributed by atoms with van der Waals surface area (Å²) in [6.07, 6.45) is -9.86. The van der Waals surface area contributed by atoms with Crippen LogP contribution in [0, 0.1) is 11.8 Å². The van der Waals surface area contributed by atoms with Crippen LogP contribution in [0.1, 0.15) is 130 Å². The van der Waals surface area contributed by atoms with Crippen LogP contribution in [0.3, 0.4) is 0 Å². The molecule has 0 aromatic heterocycles. The second-order valence-electron chi connectivity index (χ2n) is 37.6. The molecule has 48 nitrogen and oxygen atoms in total. The van der Waals surface area contributed by atoms with Crippen LogP contribution in [-0.2, 0) is 200 Å². The van der Waals surface area contributed by atoms with Crippen LogP contribution in [0.25, 0.3) is 0 Å². The topological polar surface area (TPSA) is 648 Å². The Bertz CT molecular complexity index is 5810. The summed E-state index contributed by atoms with van der Waals surface area (Å²) in [5, 5.41) is 7.93. The van der Waals surface area contributed by atoms with E-state index in [1.165, 1.54) is 48.5 Å². The molecule has 54 heteroatoms. The Balaban J connectivity index is 0.000000137. The highest BCUT2D eigenvalue weighted by atomic mass is 32.2. The van der Waals surface area contributed by atoms with Gasteiger partial charge in [0.2, 0.25) is 35.4 Å². The Morgan fingerprint density at radius 1 is 0.333 bits per heavy atom. The lowest BCUT2D eigenvalue weighted by atomic mass is 9.70. The van der Waals surface area contributed by atoms with Crippen molar-refractivity contribution in [1.29, 1.82) is 0 Å². The summed E-state index contributed by atoms with van der Waals surface area (Å²) in [6, 6.07) is 0. The highest BCUT2D eigenvalue weighted by Crippen LogP contribution is 2.64. The van der Waals surface area contributed by atoms with Gasteiger partial charge in [0.1, 0.15) is 140 Å². The molecule has 12 bridgehead atoms. The SMILES string of the molecule is C=C(C)C(=O)NCC(=O)OC1(C)C2CC3OS(=O)(=O)C1C3O2.C=C(C)C(=O)NCC(=O)OC1C2C3OC1(C)C(C)C3(C)OS2(=O)=O.C=C(C)C(=O)NCC(=O)OC1C2C3OC1(C)CC3OS2(=O)=O.C=C(C)C(=O)NCC(=O)OC1C2CC3(C)OS(=O)(=O)C1C3O2.C=C(C)C(=O)NCC(=O)OC1C2CC3OS(=O)(=O)C1C3(C)O2.C=C(C)C(=O)NCC(=O)OC1C2OC3(C)C(OS(=O)(=O)C13)C2C. The lowest BCUT2D eigenvalue weighted by molar-refractivity contribution is -0.162. The molecule has 750 valence electrons. The molecule has 0 saturated carbocycles. The van der Waals surface area contributed by atoms with Crippen molar-refractivity contribution in [3.05, 3.63) is 72.9 Å². The predicted octanol–water partition coefficient (Wildman–Crippen LogP) is -3.62. The number of amides is 6. The van der Waals surface area contributed by atoms with Gasteiger partial charge in [-0.15, -0.1) is 0 Å². The van der Waals surface area contributed by atoms with E-state index < -0.39 is 306 Å². The van der Waals surface area contributed by atoms with E-state index in [1.807, 2.05) is 6.92 Å². The third kappa shape index (κ3) is 18.6. The molecule has 18 saturated heterocycles. The summed E-state index contributed by atoms with van der Waals surface area (Å²) in [7, 11) is -23.1. The Labute approximate surface area is 777 Å².